The number of hydrogen-bond donors (Lipinski definition) is 16. The van der Waals surface area contributed by atoms with Crippen LogP contribution in [0, 0.1) is 5.92 Å². The van der Waals surface area contributed by atoms with Gasteiger partial charge in [-0.25, -0.2) is 0 Å². The summed E-state index contributed by atoms with van der Waals surface area (Å²) in [4.78, 5) is 169. The molecule has 5 aromatic rings. The van der Waals surface area contributed by atoms with E-state index in [0.29, 0.717) is 33.7 Å². The highest BCUT2D eigenvalue weighted by Crippen LogP contribution is 2.22. The molecule has 1 aliphatic rings. The van der Waals surface area contributed by atoms with Gasteiger partial charge in [-0.2, -0.15) is 0 Å². The zero-order valence-corrected chi connectivity index (χ0v) is 58.1. The highest BCUT2D eigenvalue weighted by Gasteiger charge is 2.40. The lowest BCUT2D eigenvalue weighted by Crippen LogP contribution is -2.61. The molecule has 102 heavy (non-hydrogen) atoms. The highest BCUT2D eigenvalue weighted by molar-refractivity contribution is 6.30. The molecule has 32 heteroatoms. The molecule has 548 valence electrons. The molecule has 0 unspecified atom stereocenters. The molecule has 0 aliphatic carbocycles. The molecule has 1 saturated heterocycles. The van der Waals surface area contributed by atoms with Gasteiger partial charge in [-0.15, -0.1) is 0 Å². The normalized spacial score (nSPS) is 15.2. The molecule has 4 aromatic carbocycles. The van der Waals surface area contributed by atoms with E-state index in [0.717, 1.165) is 10.8 Å². The molecule has 11 amide bonds. The fourth-order valence-electron chi connectivity index (χ4n) is 11.4. The van der Waals surface area contributed by atoms with E-state index in [9.17, 15) is 63.0 Å². The average molecular weight is 1430 g/mol. The number of likely N-dealkylation sites (tertiary alicyclic amines) is 1. The van der Waals surface area contributed by atoms with Crippen molar-refractivity contribution in [2.45, 2.75) is 159 Å². The lowest BCUT2D eigenvalue weighted by molar-refractivity contribution is -0.142. The molecule has 6 rings (SSSR count). The van der Waals surface area contributed by atoms with Crippen molar-refractivity contribution in [2.75, 3.05) is 26.2 Å². The molecule has 2 heterocycles. The number of aromatic nitrogens is 1. The number of nitrogens with one attached hydrogen (secondary N) is 9. The van der Waals surface area contributed by atoms with Crippen molar-refractivity contribution >= 4 is 99.3 Å². The number of aromatic hydroxyl groups is 1. The van der Waals surface area contributed by atoms with Gasteiger partial charge in [0.1, 0.15) is 66.2 Å². The smallest absolute Gasteiger partial charge is 0.245 e. The minimum atomic E-state index is -1.84. The van der Waals surface area contributed by atoms with Gasteiger partial charge < -0.3 is 91.6 Å². The predicted molar refractivity (Wildman–Crippen MR) is 382 cm³/mol. The van der Waals surface area contributed by atoms with Crippen LogP contribution in [0.15, 0.2) is 126 Å². The Hall–Kier alpha value is -10.9. The third kappa shape index (κ3) is 26.0. The zero-order chi connectivity index (χ0) is 74.6. The minimum absolute atomic E-state index is 0.00426. The summed E-state index contributed by atoms with van der Waals surface area (Å²) in [6.45, 7) is 5.28. The quantitative estimate of drug-likeness (QED) is 0.0127. The van der Waals surface area contributed by atoms with Crippen LogP contribution in [0.2, 0.25) is 5.02 Å². The van der Waals surface area contributed by atoms with Crippen LogP contribution in [0.4, 0.5) is 0 Å². The second kappa shape index (κ2) is 39.7. The third-order valence-corrected chi connectivity index (χ3v) is 16.9. The van der Waals surface area contributed by atoms with E-state index in [1.165, 1.54) is 55.4 Å². The maximum atomic E-state index is 14.9. The van der Waals surface area contributed by atoms with Crippen LogP contribution in [0.25, 0.3) is 10.8 Å². The van der Waals surface area contributed by atoms with Crippen molar-refractivity contribution < 1.29 is 63.0 Å². The second-order valence-electron chi connectivity index (χ2n) is 25.4. The monoisotopic (exact) mass is 1430 g/mol. The SMILES string of the molecule is CC(=O)N[C@H](Cc1ccc2ccccc2c1)C(=O)N[C@H](Cc1ccc(Cl)cc1)C(=O)N[C@H](Cc1cccnc1)C(=O)N[C@@H](CO)C(=O)N[C@@H](Cc1ccc(O)cc1)C(=O)N[C@H](CCCN=C(N)N)C(=O)N[C@@H](CC(C)C)C(=O)N[C@@H](CCCN=C(N)N)C(=O)N1CCC[C@H]1C(=O)N[C@H](C)C(N)=O. The van der Waals surface area contributed by atoms with Crippen molar-refractivity contribution in [3.63, 3.8) is 0 Å². The molecule has 1 aromatic heterocycles. The fraction of sp³-hybridized carbons (Fsp3) is 0.429. The number of nitrogens with two attached hydrogens (primary N) is 5. The molecular weight excluding hydrogens is 1340 g/mol. The molecule has 1 aliphatic heterocycles. The molecule has 10 atom stereocenters. The van der Waals surface area contributed by atoms with Crippen molar-refractivity contribution in [1.29, 1.82) is 0 Å². The Morgan fingerprint density at radius 1 is 0.539 bits per heavy atom. The van der Waals surface area contributed by atoms with Crippen LogP contribution >= 0.6 is 11.6 Å². The van der Waals surface area contributed by atoms with Gasteiger partial charge >= 0.3 is 0 Å². The van der Waals surface area contributed by atoms with Crippen LogP contribution in [-0.4, -0.2) is 184 Å². The Balaban J connectivity index is 1.26. The second-order valence-corrected chi connectivity index (χ2v) is 25.8. The number of amides is 11. The lowest BCUT2D eigenvalue weighted by Gasteiger charge is -2.31. The molecule has 1 fully saturated rings. The molecule has 0 bridgehead atoms. The van der Waals surface area contributed by atoms with Crippen LogP contribution in [0.3, 0.4) is 0 Å². The summed E-state index contributed by atoms with van der Waals surface area (Å²) >= 11 is 6.23. The first-order valence-corrected chi connectivity index (χ1v) is 33.9. The van der Waals surface area contributed by atoms with Gasteiger partial charge in [-0.3, -0.25) is 67.7 Å². The van der Waals surface area contributed by atoms with E-state index in [1.807, 2.05) is 42.5 Å². The number of pyridine rings is 1. The number of rotatable bonds is 38. The van der Waals surface area contributed by atoms with Gasteiger partial charge in [-0.05, 0) is 121 Å². The summed E-state index contributed by atoms with van der Waals surface area (Å²) < 4.78 is 0. The molecule has 0 spiro atoms. The molecule has 0 radical (unpaired) electrons. The summed E-state index contributed by atoms with van der Waals surface area (Å²) in [6, 6.07) is 14.6. The van der Waals surface area contributed by atoms with E-state index < -0.39 is 132 Å². The Kier molecular flexibility index (Phi) is 31.2. The van der Waals surface area contributed by atoms with E-state index in [4.69, 9.17) is 40.3 Å². The summed E-state index contributed by atoms with van der Waals surface area (Å²) in [5.74, 6) is -9.91. The van der Waals surface area contributed by atoms with E-state index in [-0.39, 0.29) is 107 Å². The minimum Gasteiger partial charge on any atom is -0.508 e. The summed E-state index contributed by atoms with van der Waals surface area (Å²) in [5.41, 5.74) is 29.8. The number of benzene rings is 4. The number of fused-ring (bicyclic) bond motifs is 1. The van der Waals surface area contributed by atoms with Crippen molar-refractivity contribution in [1.82, 2.24) is 57.7 Å². The number of aliphatic hydroxyl groups excluding tert-OH is 1. The number of carbonyl (C=O) groups excluding carboxylic acids is 11. The molecule has 31 nitrogen and oxygen atoms in total. The largest absolute Gasteiger partial charge is 0.508 e. The summed E-state index contributed by atoms with van der Waals surface area (Å²) in [7, 11) is 0. The number of carbonyl (C=O) groups is 11. The van der Waals surface area contributed by atoms with Crippen LogP contribution in [0.1, 0.15) is 94.9 Å². The van der Waals surface area contributed by atoms with E-state index in [2.05, 4.69) is 62.8 Å². The topological polar surface area (TPSA) is 507 Å². The maximum absolute atomic E-state index is 14.9. The first-order valence-electron chi connectivity index (χ1n) is 33.5. The number of primary amides is 1. The van der Waals surface area contributed by atoms with Gasteiger partial charge in [0.15, 0.2) is 11.9 Å². The zero-order valence-electron chi connectivity index (χ0n) is 57.4. The molecule has 0 saturated carbocycles. The van der Waals surface area contributed by atoms with Crippen molar-refractivity contribution in [3.8, 4) is 5.75 Å². The molecule has 21 N–H and O–H groups in total. The van der Waals surface area contributed by atoms with Gasteiger partial charge in [0.05, 0.1) is 6.61 Å². The standard InChI is InChI=1S/C70H93ClN18O13/c1-39(2)31-52(61(95)83-51(15-9-29-79-70(75)76)68(102)89-30-10-16-58(89)67(101)80-40(3)59(72)93)84-60(94)50(14-8-28-78-69(73)74)82-63(97)54(34-43-20-25-49(92)26-21-43)87-66(100)57(38-90)88-65(99)56(36-45-11-7-27-77-37-45)86-64(98)55(33-42-18-23-48(71)24-19-42)85-62(96)53(81-41(4)91)35-44-17-22-46-12-5-6-13-47(46)32-44/h5-7,11-13,17-27,32,37,39-40,50-58,90,92H,8-10,14-16,28-31,33-36,38H2,1-4H3,(H2,72,93)(H,80,101)(H,81,91)(H,82,97)(H,83,95)(H,84,94)(H,85,96)(H,86,98)(H,87,100)(H,88,99)(H4,73,74,78)(H4,75,76,79)/t40-,50-,51+,52+,53-,54+,55-,56-,57+,58+/m1/s1. The summed E-state index contributed by atoms with van der Waals surface area (Å²) in [5, 5.41) is 47.3. The Morgan fingerprint density at radius 3 is 1.53 bits per heavy atom. The molecular formula is C70H93ClN18O13. The number of aliphatic hydroxyl groups is 1. The number of phenols is 1. The predicted octanol–water partition coefficient (Wildman–Crippen LogP) is -1.11. The number of aliphatic imine (C=N–C) groups is 2. The Morgan fingerprint density at radius 2 is 1.00 bits per heavy atom. The average Bonchev–Trinajstić information content (AvgIpc) is 1.13. The Bertz CT molecular complexity index is 3780. The van der Waals surface area contributed by atoms with Crippen molar-refractivity contribution in [3.05, 3.63) is 143 Å². The van der Waals surface area contributed by atoms with Gasteiger partial charge in [0, 0.05) is 69.7 Å². The first-order chi connectivity index (χ1) is 48.6. The summed E-state index contributed by atoms with van der Waals surface area (Å²) in [6.07, 6.45) is 2.92. The van der Waals surface area contributed by atoms with Crippen LogP contribution in [-0.2, 0) is 78.4 Å². The van der Waals surface area contributed by atoms with E-state index in [1.54, 1.807) is 50.2 Å². The van der Waals surface area contributed by atoms with Gasteiger partial charge in [0.25, 0.3) is 0 Å². The number of halogens is 1. The fourth-order valence-corrected chi connectivity index (χ4v) is 11.5. The third-order valence-electron chi connectivity index (χ3n) is 16.7. The number of guanidine groups is 2. The maximum Gasteiger partial charge on any atom is 0.245 e. The van der Waals surface area contributed by atoms with Crippen LogP contribution in [0.5, 0.6) is 5.75 Å². The van der Waals surface area contributed by atoms with Crippen LogP contribution < -0.4 is 76.5 Å². The highest BCUT2D eigenvalue weighted by atomic mass is 35.5. The van der Waals surface area contributed by atoms with Crippen molar-refractivity contribution in [2.24, 2.45) is 44.6 Å². The number of phenolic OH excluding ortho intramolecular Hbond substituents is 1. The van der Waals surface area contributed by atoms with Gasteiger partial charge in [-0.1, -0.05) is 98.2 Å². The lowest BCUT2D eigenvalue weighted by atomic mass is 9.99. The number of nitrogens with zero attached hydrogens (tertiary/aromatic N) is 4. The van der Waals surface area contributed by atoms with E-state index >= 15 is 0 Å². The van der Waals surface area contributed by atoms with Gasteiger partial charge in [0.2, 0.25) is 65.0 Å². The number of hydrogen-bond acceptors (Lipinski definition) is 16. The first kappa shape index (κ1) is 80.0. The Labute approximate surface area is 595 Å².